The third-order valence-electron chi connectivity index (χ3n) is 5.28. The van der Waals surface area contributed by atoms with Crippen LogP contribution < -0.4 is 10.2 Å². The molecule has 1 amide bonds. The zero-order chi connectivity index (χ0) is 20.3. The Morgan fingerprint density at radius 3 is 2.64 bits per heavy atom. The molecule has 0 fully saturated rings. The number of nitrogens with one attached hydrogen (secondary N) is 1. The number of likely N-dealkylation sites (N-methyl/N-ethyl adjacent to an activating group) is 1. The van der Waals surface area contributed by atoms with E-state index in [4.69, 9.17) is 0 Å². The van der Waals surface area contributed by atoms with Crippen LogP contribution in [0.25, 0.3) is 11.1 Å². The molecule has 1 aliphatic rings. The van der Waals surface area contributed by atoms with Crippen molar-refractivity contribution in [3.8, 4) is 23.0 Å². The number of aliphatic hydroxyl groups excluding tert-OH is 1. The Balaban J connectivity index is 2.09. The van der Waals surface area contributed by atoms with Crippen molar-refractivity contribution in [1.29, 1.82) is 0 Å². The fourth-order valence-corrected chi connectivity index (χ4v) is 3.95. The van der Waals surface area contributed by atoms with E-state index in [2.05, 4.69) is 52.4 Å². The summed E-state index contributed by atoms with van der Waals surface area (Å²) in [5.41, 5.74) is 5.34. The molecule has 2 N–H and O–H groups in total. The van der Waals surface area contributed by atoms with Gasteiger partial charge < -0.3 is 15.3 Å². The van der Waals surface area contributed by atoms with E-state index in [1.54, 1.807) is 0 Å². The topological polar surface area (TPSA) is 52.6 Å². The van der Waals surface area contributed by atoms with Gasteiger partial charge in [-0.3, -0.25) is 4.79 Å². The molecule has 4 heteroatoms. The third-order valence-corrected chi connectivity index (χ3v) is 5.28. The Kier molecular flexibility index (Phi) is 6.06. The van der Waals surface area contributed by atoms with Crippen LogP contribution in [-0.4, -0.2) is 36.8 Å². The van der Waals surface area contributed by atoms with E-state index in [9.17, 15) is 9.90 Å². The SMILES string of the molecule is CC#Cc1cccc(-c2ccc3c(c2)N(C)C(C(C)C)C(=O)N[C@H](CO)C3)c1. The molecule has 2 aromatic carbocycles. The maximum absolute atomic E-state index is 12.8. The van der Waals surface area contributed by atoms with Crippen molar-refractivity contribution < 1.29 is 9.90 Å². The largest absolute Gasteiger partial charge is 0.394 e. The maximum Gasteiger partial charge on any atom is 0.243 e. The van der Waals surface area contributed by atoms with Gasteiger partial charge in [-0.25, -0.2) is 0 Å². The van der Waals surface area contributed by atoms with Gasteiger partial charge in [-0.1, -0.05) is 44.0 Å². The Hall–Kier alpha value is -2.77. The van der Waals surface area contributed by atoms with E-state index in [-0.39, 0.29) is 30.5 Å². The van der Waals surface area contributed by atoms with Gasteiger partial charge in [-0.05, 0) is 54.2 Å². The first kappa shape index (κ1) is 20.0. The van der Waals surface area contributed by atoms with Crippen molar-refractivity contribution in [1.82, 2.24) is 5.32 Å². The smallest absolute Gasteiger partial charge is 0.243 e. The van der Waals surface area contributed by atoms with Gasteiger partial charge in [-0.2, -0.15) is 0 Å². The van der Waals surface area contributed by atoms with Gasteiger partial charge in [0.25, 0.3) is 0 Å². The first-order valence-electron chi connectivity index (χ1n) is 9.74. The molecule has 3 rings (SSSR count). The summed E-state index contributed by atoms with van der Waals surface area (Å²) >= 11 is 0. The number of fused-ring (bicyclic) bond motifs is 1. The van der Waals surface area contributed by atoms with Crippen molar-refractivity contribution in [2.45, 2.75) is 39.3 Å². The number of hydrogen-bond acceptors (Lipinski definition) is 3. The van der Waals surface area contributed by atoms with Crippen molar-refractivity contribution >= 4 is 11.6 Å². The molecule has 2 aromatic rings. The molecule has 0 radical (unpaired) electrons. The summed E-state index contributed by atoms with van der Waals surface area (Å²) in [7, 11) is 1.98. The predicted molar refractivity (Wildman–Crippen MR) is 114 cm³/mol. The van der Waals surface area contributed by atoms with Crippen LogP contribution in [0.2, 0.25) is 0 Å². The summed E-state index contributed by atoms with van der Waals surface area (Å²) in [6.45, 7) is 5.86. The van der Waals surface area contributed by atoms with E-state index in [1.165, 1.54) is 0 Å². The Morgan fingerprint density at radius 1 is 1.21 bits per heavy atom. The van der Waals surface area contributed by atoms with Crippen molar-refractivity contribution in [3.63, 3.8) is 0 Å². The number of carbonyl (C=O) groups excluding carboxylic acids is 1. The van der Waals surface area contributed by atoms with Crippen molar-refractivity contribution in [2.75, 3.05) is 18.6 Å². The van der Waals surface area contributed by atoms with Gasteiger partial charge in [0.2, 0.25) is 5.91 Å². The highest BCUT2D eigenvalue weighted by atomic mass is 16.3. The van der Waals surface area contributed by atoms with Crippen LogP contribution >= 0.6 is 0 Å². The number of benzene rings is 2. The summed E-state index contributed by atoms with van der Waals surface area (Å²) in [6, 6.07) is 14.0. The molecule has 0 bridgehead atoms. The number of aliphatic hydroxyl groups is 1. The predicted octanol–water partition coefficient (Wildman–Crippen LogP) is 3.22. The van der Waals surface area contributed by atoms with Crippen LogP contribution in [0.3, 0.4) is 0 Å². The van der Waals surface area contributed by atoms with Gasteiger partial charge in [0, 0.05) is 18.3 Å². The van der Waals surface area contributed by atoms with Crippen LogP contribution in [0.4, 0.5) is 5.69 Å². The molecule has 1 aliphatic heterocycles. The average Bonchev–Trinajstić information content (AvgIpc) is 2.67. The second-order valence-corrected chi connectivity index (χ2v) is 7.69. The summed E-state index contributed by atoms with van der Waals surface area (Å²) < 4.78 is 0. The lowest BCUT2D eigenvalue weighted by Gasteiger charge is -2.37. The van der Waals surface area contributed by atoms with Crippen LogP contribution in [-0.2, 0) is 11.2 Å². The van der Waals surface area contributed by atoms with Crippen LogP contribution in [0.1, 0.15) is 31.9 Å². The van der Waals surface area contributed by atoms with Crippen LogP contribution in [0.5, 0.6) is 0 Å². The fraction of sp³-hybridized carbons (Fsp3) is 0.375. The van der Waals surface area contributed by atoms with E-state index in [0.29, 0.717) is 6.42 Å². The summed E-state index contributed by atoms with van der Waals surface area (Å²) in [5.74, 6) is 6.16. The molecular weight excluding hydrogens is 348 g/mol. The first-order chi connectivity index (χ1) is 13.4. The zero-order valence-corrected chi connectivity index (χ0v) is 17.0. The van der Waals surface area contributed by atoms with Crippen molar-refractivity contribution in [2.24, 2.45) is 5.92 Å². The lowest BCUT2D eigenvalue weighted by molar-refractivity contribution is -0.124. The van der Waals surface area contributed by atoms with Gasteiger partial charge in [0.15, 0.2) is 0 Å². The highest BCUT2D eigenvalue weighted by Crippen LogP contribution is 2.32. The summed E-state index contributed by atoms with van der Waals surface area (Å²) in [4.78, 5) is 14.9. The summed E-state index contributed by atoms with van der Waals surface area (Å²) in [5, 5.41) is 12.7. The van der Waals surface area contributed by atoms with Gasteiger partial charge in [0.05, 0.1) is 12.6 Å². The van der Waals surface area contributed by atoms with E-state index in [1.807, 2.05) is 40.0 Å². The molecule has 0 aromatic heterocycles. The summed E-state index contributed by atoms with van der Waals surface area (Å²) in [6.07, 6.45) is 0.606. The molecule has 2 atom stereocenters. The highest BCUT2D eigenvalue weighted by Gasteiger charge is 2.32. The molecular formula is C24H28N2O2. The Bertz CT molecular complexity index is 924. The number of amides is 1. The molecule has 1 unspecified atom stereocenters. The van der Waals surface area contributed by atoms with Gasteiger partial charge >= 0.3 is 0 Å². The maximum atomic E-state index is 12.8. The molecule has 4 nitrogen and oxygen atoms in total. The van der Waals surface area contributed by atoms with E-state index < -0.39 is 0 Å². The number of anilines is 1. The first-order valence-corrected chi connectivity index (χ1v) is 9.74. The normalized spacial score (nSPS) is 19.2. The van der Waals surface area contributed by atoms with Crippen LogP contribution in [0, 0.1) is 17.8 Å². The van der Waals surface area contributed by atoms with Gasteiger partial charge in [-0.15, -0.1) is 5.92 Å². The lowest BCUT2D eigenvalue weighted by atomic mass is 9.93. The van der Waals surface area contributed by atoms with Crippen molar-refractivity contribution in [3.05, 3.63) is 53.6 Å². The Morgan fingerprint density at radius 2 is 1.96 bits per heavy atom. The zero-order valence-electron chi connectivity index (χ0n) is 17.0. The molecule has 28 heavy (non-hydrogen) atoms. The molecule has 0 saturated heterocycles. The molecule has 1 heterocycles. The molecule has 146 valence electrons. The average molecular weight is 377 g/mol. The second-order valence-electron chi connectivity index (χ2n) is 7.69. The van der Waals surface area contributed by atoms with Crippen LogP contribution in [0.15, 0.2) is 42.5 Å². The number of nitrogens with zero attached hydrogens (tertiary/aromatic N) is 1. The Labute approximate surface area is 167 Å². The minimum Gasteiger partial charge on any atom is -0.394 e. The standard InChI is InChI=1S/C24H28N2O2/c1-5-7-17-8-6-9-18(12-17)19-10-11-20-13-21(15-27)25-24(28)23(16(2)3)26(4)22(20)14-19/h6,8-12,14,16,21,23,27H,13,15H2,1-4H3,(H,25,28)/t21-,23?/m0/s1. The number of carbonyl (C=O) groups is 1. The van der Waals surface area contributed by atoms with E-state index in [0.717, 1.165) is 27.9 Å². The molecule has 0 spiro atoms. The minimum absolute atomic E-state index is 0.0344. The monoisotopic (exact) mass is 376 g/mol. The molecule has 0 saturated carbocycles. The van der Waals surface area contributed by atoms with Gasteiger partial charge in [0.1, 0.15) is 6.04 Å². The number of hydrogen-bond donors (Lipinski definition) is 2. The fourth-order valence-electron chi connectivity index (χ4n) is 3.95. The highest BCUT2D eigenvalue weighted by molar-refractivity contribution is 5.87. The quantitative estimate of drug-likeness (QED) is 0.809. The minimum atomic E-state index is -0.291. The lowest BCUT2D eigenvalue weighted by Crippen LogP contribution is -2.54. The number of rotatable bonds is 3. The molecule has 0 aliphatic carbocycles. The van der Waals surface area contributed by atoms with E-state index >= 15 is 0 Å². The second kappa shape index (κ2) is 8.50. The third kappa shape index (κ3) is 4.05.